The van der Waals surface area contributed by atoms with Crippen LogP contribution in [0.1, 0.15) is 23.2 Å². The number of carbonyl (C=O) groups is 1. The Morgan fingerprint density at radius 1 is 1.21 bits per heavy atom. The summed E-state index contributed by atoms with van der Waals surface area (Å²) in [5.41, 5.74) is 11.4. The summed E-state index contributed by atoms with van der Waals surface area (Å²) in [6.45, 7) is 2.07. The largest absolute Gasteiger partial charge is 0.378 e. The number of primary amides is 1. The molecule has 5 nitrogen and oxygen atoms in total. The van der Waals surface area contributed by atoms with E-state index in [2.05, 4.69) is 53.6 Å². The highest BCUT2D eigenvalue weighted by molar-refractivity contribution is 6.34. The van der Waals surface area contributed by atoms with E-state index >= 15 is 0 Å². The van der Waals surface area contributed by atoms with Gasteiger partial charge in [-0.25, -0.2) is 4.99 Å². The molecule has 0 saturated heterocycles. The molecule has 2 aliphatic carbocycles. The lowest BCUT2D eigenvalue weighted by Gasteiger charge is -2.28. The molecular formula is C22H21ClN4O. The third kappa shape index (κ3) is 2.73. The first kappa shape index (κ1) is 17.4. The molecule has 1 amide bonds. The van der Waals surface area contributed by atoms with E-state index in [-0.39, 0.29) is 29.7 Å². The number of carbonyl (C=O) groups excluding carboxylic acids is 1. The van der Waals surface area contributed by atoms with Gasteiger partial charge in [-0.05, 0) is 30.7 Å². The van der Waals surface area contributed by atoms with Crippen LogP contribution in [0.25, 0.3) is 0 Å². The number of aromatic nitrogens is 1. The van der Waals surface area contributed by atoms with Crippen LogP contribution in [0.15, 0.2) is 47.6 Å². The van der Waals surface area contributed by atoms with Gasteiger partial charge in [0.05, 0.1) is 28.0 Å². The topological polar surface area (TPSA) is 80.4 Å². The van der Waals surface area contributed by atoms with Gasteiger partial charge in [0, 0.05) is 18.7 Å². The van der Waals surface area contributed by atoms with Gasteiger partial charge in [0.1, 0.15) is 5.69 Å². The summed E-state index contributed by atoms with van der Waals surface area (Å²) < 4.78 is 0. The first-order valence-electron chi connectivity index (χ1n) is 9.57. The summed E-state index contributed by atoms with van der Waals surface area (Å²) in [4.78, 5) is 21.4. The van der Waals surface area contributed by atoms with Crippen molar-refractivity contribution >= 4 is 34.6 Å². The molecule has 4 atom stereocenters. The normalized spacial score (nSPS) is 27.0. The first-order chi connectivity index (χ1) is 13.5. The summed E-state index contributed by atoms with van der Waals surface area (Å²) in [7, 11) is 0. The van der Waals surface area contributed by atoms with Crippen LogP contribution in [-0.4, -0.2) is 22.6 Å². The fourth-order valence-corrected chi connectivity index (χ4v) is 4.92. The van der Waals surface area contributed by atoms with Gasteiger partial charge < -0.3 is 11.1 Å². The van der Waals surface area contributed by atoms with Gasteiger partial charge in [0.25, 0.3) is 0 Å². The molecule has 1 aliphatic heterocycles. The van der Waals surface area contributed by atoms with Crippen molar-refractivity contribution in [1.29, 1.82) is 0 Å². The van der Waals surface area contributed by atoms with Crippen molar-refractivity contribution in [3.05, 3.63) is 64.5 Å². The van der Waals surface area contributed by atoms with E-state index in [4.69, 9.17) is 22.3 Å². The van der Waals surface area contributed by atoms with Crippen LogP contribution in [-0.2, 0) is 11.2 Å². The quantitative estimate of drug-likeness (QED) is 0.776. The lowest BCUT2D eigenvalue weighted by atomic mass is 9.88. The monoisotopic (exact) mass is 392 g/mol. The average Bonchev–Trinajstić information content (AvgIpc) is 3.38. The van der Waals surface area contributed by atoms with Crippen molar-refractivity contribution in [3.8, 4) is 0 Å². The number of nitrogens with one attached hydrogen (secondary N) is 1. The SMILES string of the molecule is Cc1ccc(C2=Nc3c(ncc(Cl)c3N[C@H]3[C@@H](C(N)=O)[C@@H]4C=C[C@H]3C4)C2)cc1. The Morgan fingerprint density at radius 2 is 1.96 bits per heavy atom. The number of rotatable bonds is 4. The zero-order chi connectivity index (χ0) is 19.4. The molecule has 5 rings (SSSR count). The second kappa shape index (κ2) is 6.45. The Kier molecular flexibility index (Phi) is 4.02. The fourth-order valence-electron chi connectivity index (χ4n) is 4.72. The number of anilines is 1. The number of aryl methyl sites for hydroxylation is 1. The second-order valence-corrected chi connectivity index (χ2v) is 8.33. The number of benzene rings is 1. The van der Waals surface area contributed by atoms with Gasteiger partial charge >= 0.3 is 0 Å². The Balaban J connectivity index is 1.51. The molecule has 0 radical (unpaired) electrons. The van der Waals surface area contributed by atoms with E-state index in [9.17, 15) is 4.79 Å². The Morgan fingerprint density at radius 3 is 2.71 bits per heavy atom. The number of allylic oxidation sites excluding steroid dienone is 1. The summed E-state index contributed by atoms with van der Waals surface area (Å²) in [5.74, 6) is 0.00136. The number of hydrogen-bond acceptors (Lipinski definition) is 4. The number of pyridine rings is 1. The second-order valence-electron chi connectivity index (χ2n) is 7.92. The highest BCUT2D eigenvalue weighted by Crippen LogP contribution is 2.47. The molecule has 2 heterocycles. The van der Waals surface area contributed by atoms with Crippen molar-refractivity contribution in [2.45, 2.75) is 25.8 Å². The smallest absolute Gasteiger partial charge is 0.223 e. The number of nitrogens with zero attached hydrogens (tertiary/aromatic N) is 2. The molecule has 3 N–H and O–H groups in total. The minimum atomic E-state index is -0.264. The average molecular weight is 393 g/mol. The summed E-state index contributed by atoms with van der Waals surface area (Å²) in [6, 6.07) is 8.27. The Labute approximate surface area is 168 Å². The number of amides is 1. The predicted molar refractivity (Wildman–Crippen MR) is 111 cm³/mol. The number of halogens is 1. The molecule has 2 aromatic rings. The van der Waals surface area contributed by atoms with Crippen molar-refractivity contribution < 1.29 is 4.79 Å². The van der Waals surface area contributed by atoms with Crippen molar-refractivity contribution in [3.63, 3.8) is 0 Å². The fraction of sp³-hybridized carbons (Fsp3) is 0.318. The van der Waals surface area contributed by atoms with E-state index in [0.717, 1.165) is 34.8 Å². The Hall–Kier alpha value is -2.66. The van der Waals surface area contributed by atoms with Gasteiger partial charge in [-0.15, -0.1) is 0 Å². The van der Waals surface area contributed by atoms with Crippen LogP contribution in [0.2, 0.25) is 5.02 Å². The molecule has 1 aromatic heterocycles. The maximum Gasteiger partial charge on any atom is 0.223 e. The molecule has 1 fully saturated rings. The molecule has 142 valence electrons. The third-order valence-corrected chi connectivity index (χ3v) is 6.43. The van der Waals surface area contributed by atoms with E-state index < -0.39 is 0 Å². The highest BCUT2D eigenvalue weighted by Gasteiger charge is 2.47. The van der Waals surface area contributed by atoms with Crippen LogP contribution < -0.4 is 11.1 Å². The zero-order valence-electron chi connectivity index (χ0n) is 15.5. The molecule has 2 bridgehead atoms. The van der Waals surface area contributed by atoms with E-state index in [1.165, 1.54) is 5.56 Å². The van der Waals surface area contributed by atoms with Crippen LogP contribution in [0, 0.1) is 24.7 Å². The van der Waals surface area contributed by atoms with Gasteiger partial charge in [0.2, 0.25) is 5.91 Å². The molecule has 0 spiro atoms. The third-order valence-electron chi connectivity index (χ3n) is 6.15. The molecule has 1 saturated carbocycles. The lowest BCUT2D eigenvalue weighted by Crippen LogP contribution is -2.41. The maximum atomic E-state index is 12.1. The number of nitrogens with two attached hydrogens (primary N) is 1. The molecular weight excluding hydrogens is 372 g/mol. The number of aliphatic imine (C=N–C) groups is 1. The predicted octanol–water partition coefficient (Wildman–Crippen LogP) is 3.81. The number of hydrogen-bond donors (Lipinski definition) is 2. The van der Waals surface area contributed by atoms with Crippen molar-refractivity contribution in [2.24, 2.45) is 28.5 Å². The lowest BCUT2D eigenvalue weighted by molar-refractivity contribution is -0.122. The Bertz CT molecular complexity index is 1030. The highest BCUT2D eigenvalue weighted by atomic mass is 35.5. The van der Waals surface area contributed by atoms with E-state index in [1.807, 2.05) is 0 Å². The summed E-state index contributed by atoms with van der Waals surface area (Å²) in [5, 5.41) is 4.04. The van der Waals surface area contributed by atoms with Crippen molar-refractivity contribution in [1.82, 2.24) is 4.98 Å². The van der Waals surface area contributed by atoms with Crippen LogP contribution in [0.3, 0.4) is 0 Å². The molecule has 3 aliphatic rings. The standard InChI is InChI=1S/C22H21ClN4O/c1-11-2-4-12(5-3-11)16-9-17-21(26-16)20(15(23)10-25-17)27-19-14-7-6-13(8-14)18(19)22(24)28/h2-7,10,13-14,18-19H,8-9H2,1H3,(H2,24,28)(H,25,27)/t13-,14+,18+,19-/m1/s1. The molecule has 6 heteroatoms. The minimum Gasteiger partial charge on any atom is -0.378 e. The minimum absolute atomic E-state index is 0.0601. The summed E-state index contributed by atoms with van der Waals surface area (Å²) in [6.07, 6.45) is 7.58. The van der Waals surface area contributed by atoms with Gasteiger partial charge in [-0.2, -0.15) is 0 Å². The van der Waals surface area contributed by atoms with Gasteiger partial charge in [0.15, 0.2) is 0 Å². The van der Waals surface area contributed by atoms with Crippen molar-refractivity contribution in [2.75, 3.05) is 5.32 Å². The van der Waals surface area contributed by atoms with Gasteiger partial charge in [-0.3, -0.25) is 9.78 Å². The first-order valence-corrected chi connectivity index (χ1v) is 9.95. The van der Waals surface area contributed by atoms with Gasteiger partial charge in [-0.1, -0.05) is 53.6 Å². The maximum absolute atomic E-state index is 12.1. The van der Waals surface area contributed by atoms with E-state index in [0.29, 0.717) is 11.4 Å². The van der Waals surface area contributed by atoms with Crippen LogP contribution in [0.5, 0.6) is 0 Å². The molecule has 28 heavy (non-hydrogen) atoms. The molecule has 1 aromatic carbocycles. The summed E-state index contributed by atoms with van der Waals surface area (Å²) >= 11 is 6.50. The van der Waals surface area contributed by atoms with E-state index in [1.54, 1.807) is 6.20 Å². The van der Waals surface area contributed by atoms with Crippen LogP contribution >= 0.6 is 11.6 Å². The van der Waals surface area contributed by atoms with Crippen LogP contribution in [0.4, 0.5) is 11.4 Å². The zero-order valence-corrected chi connectivity index (χ0v) is 16.3. The number of fused-ring (bicyclic) bond motifs is 3. The molecule has 0 unspecified atom stereocenters.